The van der Waals surface area contributed by atoms with E-state index in [1.54, 1.807) is 6.07 Å². The van der Waals surface area contributed by atoms with Gasteiger partial charge < -0.3 is 4.90 Å². The second-order valence-corrected chi connectivity index (χ2v) is 3.79. The van der Waals surface area contributed by atoms with Gasteiger partial charge in [-0.15, -0.1) is 0 Å². The third-order valence-corrected chi connectivity index (χ3v) is 2.62. The van der Waals surface area contributed by atoms with Crippen LogP contribution in [0.15, 0.2) is 12.1 Å². The monoisotopic (exact) mass is 208 g/mol. The van der Waals surface area contributed by atoms with E-state index < -0.39 is 5.95 Å². The van der Waals surface area contributed by atoms with Gasteiger partial charge >= 0.3 is 0 Å². The Balaban J connectivity index is 2.34. The molecule has 1 aromatic rings. The average Bonchev–Trinajstić information content (AvgIpc) is 2.69. The quantitative estimate of drug-likeness (QED) is 0.550. The lowest BCUT2D eigenvalue weighted by Gasteiger charge is -2.16. The van der Waals surface area contributed by atoms with Crippen molar-refractivity contribution in [3.8, 4) is 0 Å². The molecule has 0 aromatic carbocycles. The SMILES string of the molecule is CC(=O)c1cc(F)nc(N2CCCC2)c1. The zero-order valence-corrected chi connectivity index (χ0v) is 8.66. The highest BCUT2D eigenvalue weighted by Crippen LogP contribution is 2.19. The number of Topliss-reactive ketones (excluding diaryl/α,β-unsaturated/α-hetero) is 1. The van der Waals surface area contributed by atoms with Crippen molar-refractivity contribution in [2.75, 3.05) is 18.0 Å². The number of pyridine rings is 1. The van der Waals surface area contributed by atoms with Gasteiger partial charge in [0.25, 0.3) is 0 Å². The van der Waals surface area contributed by atoms with Gasteiger partial charge in [-0.2, -0.15) is 4.39 Å². The third kappa shape index (κ3) is 2.14. The Hall–Kier alpha value is -1.45. The topological polar surface area (TPSA) is 33.2 Å². The summed E-state index contributed by atoms with van der Waals surface area (Å²) in [6.07, 6.45) is 2.21. The minimum Gasteiger partial charge on any atom is -0.357 e. The molecule has 2 heterocycles. The molecular weight excluding hydrogens is 195 g/mol. The van der Waals surface area contributed by atoms with Crippen molar-refractivity contribution in [1.29, 1.82) is 0 Å². The molecule has 0 N–H and O–H groups in total. The Morgan fingerprint density at radius 1 is 1.40 bits per heavy atom. The molecule has 0 aliphatic carbocycles. The minimum absolute atomic E-state index is 0.128. The smallest absolute Gasteiger partial charge is 0.215 e. The van der Waals surface area contributed by atoms with Crippen molar-refractivity contribution in [2.24, 2.45) is 0 Å². The van der Waals surface area contributed by atoms with E-state index in [9.17, 15) is 9.18 Å². The number of hydrogen-bond donors (Lipinski definition) is 0. The highest BCUT2D eigenvalue weighted by molar-refractivity contribution is 5.94. The number of nitrogens with zero attached hydrogens (tertiary/aromatic N) is 2. The van der Waals surface area contributed by atoms with E-state index in [0.717, 1.165) is 25.9 Å². The highest BCUT2D eigenvalue weighted by atomic mass is 19.1. The molecule has 0 bridgehead atoms. The summed E-state index contributed by atoms with van der Waals surface area (Å²) >= 11 is 0. The standard InChI is InChI=1S/C11H13FN2O/c1-8(15)9-6-10(12)13-11(7-9)14-4-2-3-5-14/h6-7H,2-5H2,1H3. The Morgan fingerprint density at radius 3 is 2.67 bits per heavy atom. The molecule has 15 heavy (non-hydrogen) atoms. The summed E-state index contributed by atoms with van der Waals surface area (Å²) in [4.78, 5) is 17.0. The molecule has 1 fully saturated rings. The van der Waals surface area contributed by atoms with Gasteiger partial charge in [-0.05, 0) is 25.8 Å². The third-order valence-electron chi connectivity index (χ3n) is 2.62. The molecule has 1 aromatic heterocycles. The second kappa shape index (κ2) is 3.96. The summed E-state index contributed by atoms with van der Waals surface area (Å²) in [7, 11) is 0. The molecule has 80 valence electrons. The molecule has 1 aliphatic heterocycles. The first kappa shape index (κ1) is 10.1. The Bertz CT molecular complexity index is 386. The minimum atomic E-state index is -0.579. The Labute approximate surface area is 87.9 Å². The fraction of sp³-hybridized carbons (Fsp3) is 0.455. The predicted octanol–water partition coefficient (Wildman–Crippen LogP) is 2.02. The van der Waals surface area contributed by atoms with E-state index in [4.69, 9.17) is 0 Å². The summed E-state index contributed by atoms with van der Waals surface area (Å²) in [6, 6.07) is 2.85. The summed E-state index contributed by atoms with van der Waals surface area (Å²) in [6.45, 7) is 3.23. The molecule has 0 radical (unpaired) electrons. The first-order valence-electron chi connectivity index (χ1n) is 5.10. The number of carbonyl (C=O) groups excluding carboxylic acids is 1. The molecule has 0 saturated carbocycles. The van der Waals surface area contributed by atoms with Gasteiger partial charge in [0.2, 0.25) is 5.95 Å². The zero-order chi connectivity index (χ0) is 10.8. The van der Waals surface area contributed by atoms with Crippen LogP contribution >= 0.6 is 0 Å². The van der Waals surface area contributed by atoms with Crippen LogP contribution < -0.4 is 4.90 Å². The van der Waals surface area contributed by atoms with Crippen LogP contribution in [0.2, 0.25) is 0 Å². The van der Waals surface area contributed by atoms with Crippen LogP contribution in [-0.4, -0.2) is 23.9 Å². The van der Waals surface area contributed by atoms with Crippen molar-refractivity contribution < 1.29 is 9.18 Å². The molecular formula is C11H13FN2O. The van der Waals surface area contributed by atoms with Crippen LogP contribution in [0, 0.1) is 5.95 Å². The molecule has 0 amide bonds. The average molecular weight is 208 g/mol. The molecule has 0 spiro atoms. The Morgan fingerprint density at radius 2 is 2.07 bits per heavy atom. The van der Waals surface area contributed by atoms with Gasteiger partial charge in [0.1, 0.15) is 5.82 Å². The summed E-state index contributed by atoms with van der Waals surface area (Å²) in [5, 5.41) is 0. The van der Waals surface area contributed by atoms with Crippen LogP contribution in [0.1, 0.15) is 30.1 Å². The number of carbonyl (C=O) groups is 1. The lowest BCUT2D eigenvalue weighted by Crippen LogP contribution is -2.19. The van der Waals surface area contributed by atoms with Gasteiger partial charge in [0.15, 0.2) is 5.78 Å². The molecule has 0 atom stereocenters. The number of aromatic nitrogens is 1. The number of anilines is 1. The number of halogens is 1. The molecule has 4 heteroatoms. The number of ketones is 1. The van der Waals surface area contributed by atoms with E-state index in [1.807, 2.05) is 4.90 Å². The predicted molar refractivity (Wildman–Crippen MR) is 55.6 cm³/mol. The van der Waals surface area contributed by atoms with E-state index in [0.29, 0.717) is 11.4 Å². The normalized spacial score (nSPS) is 15.7. The van der Waals surface area contributed by atoms with Gasteiger partial charge in [0, 0.05) is 24.7 Å². The zero-order valence-electron chi connectivity index (χ0n) is 8.66. The molecule has 1 aliphatic rings. The maximum Gasteiger partial charge on any atom is 0.215 e. The Kier molecular flexibility index (Phi) is 2.66. The van der Waals surface area contributed by atoms with Crippen molar-refractivity contribution in [3.05, 3.63) is 23.6 Å². The van der Waals surface area contributed by atoms with E-state index in [2.05, 4.69) is 4.98 Å². The molecule has 0 unspecified atom stereocenters. The molecule has 2 rings (SSSR count). The van der Waals surface area contributed by atoms with Crippen LogP contribution in [0.3, 0.4) is 0 Å². The van der Waals surface area contributed by atoms with E-state index in [-0.39, 0.29) is 5.78 Å². The lowest BCUT2D eigenvalue weighted by atomic mass is 10.2. The van der Waals surface area contributed by atoms with E-state index in [1.165, 1.54) is 13.0 Å². The maximum absolute atomic E-state index is 13.2. The van der Waals surface area contributed by atoms with Crippen molar-refractivity contribution >= 4 is 11.6 Å². The fourth-order valence-corrected chi connectivity index (χ4v) is 1.79. The van der Waals surface area contributed by atoms with Gasteiger partial charge in [0.05, 0.1) is 0 Å². The maximum atomic E-state index is 13.2. The lowest BCUT2D eigenvalue weighted by molar-refractivity contribution is 0.101. The largest absolute Gasteiger partial charge is 0.357 e. The van der Waals surface area contributed by atoms with Crippen LogP contribution in [0.5, 0.6) is 0 Å². The summed E-state index contributed by atoms with van der Waals surface area (Å²) in [5.74, 6) is -0.126. The first-order chi connectivity index (χ1) is 7.16. The molecule has 1 saturated heterocycles. The second-order valence-electron chi connectivity index (χ2n) is 3.79. The van der Waals surface area contributed by atoms with Crippen molar-refractivity contribution in [3.63, 3.8) is 0 Å². The van der Waals surface area contributed by atoms with Gasteiger partial charge in [-0.1, -0.05) is 0 Å². The van der Waals surface area contributed by atoms with Gasteiger partial charge in [-0.3, -0.25) is 4.79 Å². The van der Waals surface area contributed by atoms with Crippen LogP contribution in [0.4, 0.5) is 10.2 Å². The number of hydrogen-bond acceptors (Lipinski definition) is 3. The van der Waals surface area contributed by atoms with Crippen LogP contribution in [-0.2, 0) is 0 Å². The number of rotatable bonds is 2. The van der Waals surface area contributed by atoms with Crippen molar-refractivity contribution in [2.45, 2.75) is 19.8 Å². The summed E-state index contributed by atoms with van der Waals surface area (Å²) in [5.41, 5.74) is 0.393. The van der Waals surface area contributed by atoms with Crippen LogP contribution in [0.25, 0.3) is 0 Å². The van der Waals surface area contributed by atoms with Gasteiger partial charge in [-0.25, -0.2) is 4.98 Å². The fourth-order valence-electron chi connectivity index (χ4n) is 1.79. The molecule has 3 nitrogen and oxygen atoms in total. The summed E-state index contributed by atoms with van der Waals surface area (Å²) < 4.78 is 13.2. The first-order valence-corrected chi connectivity index (χ1v) is 5.10. The highest BCUT2D eigenvalue weighted by Gasteiger charge is 2.15. The van der Waals surface area contributed by atoms with E-state index >= 15 is 0 Å². The van der Waals surface area contributed by atoms with Crippen molar-refractivity contribution in [1.82, 2.24) is 4.98 Å².